The van der Waals surface area contributed by atoms with Gasteiger partial charge in [-0.2, -0.15) is 0 Å². The van der Waals surface area contributed by atoms with Gasteiger partial charge in [-0.25, -0.2) is 0 Å². The van der Waals surface area contributed by atoms with E-state index in [0.717, 1.165) is 19.5 Å². The molecule has 0 fully saturated rings. The highest BCUT2D eigenvalue weighted by atomic mass is 16.4. The zero-order chi connectivity index (χ0) is 11.5. The standard InChI is InChI=1S/C11H23NO3/c1-2-3-4-7-12(9-10-13)8-5-6-11(14)15/h13H,2-10H2,1H3,(H,14,15). The Morgan fingerprint density at radius 1 is 1.13 bits per heavy atom. The van der Waals surface area contributed by atoms with Crippen molar-refractivity contribution < 1.29 is 15.0 Å². The molecule has 0 amide bonds. The van der Waals surface area contributed by atoms with E-state index in [4.69, 9.17) is 10.2 Å². The number of aliphatic carboxylic acids is 1. The van der Waals surface area contributed by atoms with Crippen molar-refractivity contribution in [3.05, 3.63) is 0 Å². The summed E-state index contributed by atoms with van der Waals surface area (Å²) in [7, 11) is 0. The number of carboxylic acid groups (broad SMARTS) is 1. The molecule has 90 valence electrons. The third-order valence-corrected chi connectivity index (χ3v) is 2.36. The van der Waals surface area contributed by atoms with Crippen molar-refractivity contribution in [2.75, 3.05) is 26.2 Å². The quantitative estimate of drug-likeness (QED) is 0.542. The summed E-state index contributed by atoms with van der Waals surface area (Å²) in [6.07, 6.45) is 4.39. The predicted molar refractivity (Wildman–Crippen MR) is 59.9 cm³/mol. The van der Waals surface area contributed by atoms with Gasteiger partial charge in [0.25, 0.3) is 0 Å². The van der Waals surface area contributed by atoms with E-state index >= 15 is 0 Å². The highest BCUT2D eigenvalue weighted by Gasteiger charge is 2.04. The molecule has 0 radical (unpaired) electrons. The van der Waals surface area contributed by atoms with E-state index in [0.29, 0.717) is 13.0 Å². The molecule has 0 spiro atoms. The van der Waals surface area contributed by atoms with Crippen LogP contribution in [0.3, 0.4) is 0 Å². The zero-order valence-corrected chi connectivity index (χ0v) is 9.61. The minimum absolute atomic E-state index is 0.152. The van der Waals surface area contributed by atoms with Crippen LogP contribution in [0.5, 0.6) is 0 Å². The molecule has 0 unspecified atom stereocenters. The van der Waals surface area contributed by atoms with Crippen LogP contribution in [0.4, 0.5) is 0 Å². The number of aliphatic hydroxyl groups is 1. The highest BCUT2D eigenvalue weighted by molar-refractivity contribution is 5.66. The Bertz CT molecular complexity index is 162. The Morgan fingerprint density at radius 2 is 1.80 bits per heavy atom. The van der Waals surface area contributed by atoms with Crippen molar-refractivity contribution in [1.29, 1.82) is 0 Å². The van der Waals surface area contributed by atoms with E-state index in [1.807, 2.05) is 0 Å². The fourth-order valence-electron chi connectivity index (χ4n) is 1.52. The topological polar surface area (TPSA) is 60.8 Å². The van der Waals surface area contributed by atoms with Gasteiger partial charge in [-0.15, -0.1) is 0 Å². The molecule has 4 heteroatoms. The molecule has 0 saturated carbocycles. The monoisotopic (exact) mass is 217 g/mol. The molecule has 0 aromatic carbocycles. The molecule has 0 aromatic heterocycles. The number of hydrogen-bond acceptors (Lipinski definition) is 3. The van der Waals surface area contributed by atoms with E-state index in [1.54, 1.807) is 0 Å². The average Bonchev–Trinajstić information content (AvgIpc) is 2.17. The zero-order valence-electron chi connectivity index (χ0n) is 9.61. The van der Waals surface area contributed by atoms with E-state index in [1.165, 1.54) is 12.8 Å². The van der Waals surface area contributed by atoms with Crippen LogP contribution in [0.15, 0.2) is 0 Å². The Morgan fingerprint density at radius 3 is 2.33 bits per heavy atom. The summed E-state index contributed by atoms with van der Waals surface area (Å²) >= 11 is 0. The average molecular weight is 217 g/mol. The maximum atomic E-state index is 10.3. The lowest BCUT2D eigenvalue weighted by molar-refractivity contribution is -0.137. The predicted octanol–water partition coefficient (Wildman–Crippen LogP) is 1.34. The second-order valence-corrected chi connectivity index (χ2v) is 3.77. The van der Waals surface area contributed by atoms with Crippen LogP contribution < -0.4 is 0 Å². The maximum absolute atomic E-state index is 10.3. The molecule has 0 bridgehead atoms. The summed E-state index contributed by atoms with van der Waals surface area (Å²) in [6.45, 7) is 4.70. The molecule has 0 aliphatic heterocycles. The largest absolute Gasteiger partial charge is 0.481 e. The van der Waals surface area contributed by atoms with Crippen LogP contribution in [0.2, 0.25) is 0 Å². The summed E-state index contributed by atoms with van der Waals surface area (Å²) < 4.78 is 0. The van der Waals surface area contributed by atoms with Crippen LogP contribution in [0.25, 0.3) is 0 Å². The summed E-state index contributed by atoms with van der Waals surface area (Å²) in [5.41, 5.74) is 0. The van der Waals surface area contributed by atoms with Crippen LogP contribution in [-0.4, -0.2) is 47.3 Å². The van der Waals surface area contributed by atoms with Gasteiger partial charge in [0.15, 0.2) is 0 Å². The first-order valence-electron chi connectivity index (χ1n) is 5.75. The molecule has 0 rings (SSSR count). The Balaban J connectivity index is 3.57. The van der Waals surface area contributed by atoms with Crippen molar-refractivity contribution in [3.63, 3.8) is 0 Å². The lowest BCUT2D eigenvalue weighted by Gasteiger charge is -2.20. The maximum Gasteiger partial charge on any atom is 0.303 e. The second-order valence-electron chi connectivity index (χ2n) is 3.77. The number of nitrogens with zero attached hydrogens (tertiary/aromatic N) is 1. The fourth-order valence-corrected chi connectivity index (χ4v) is 1.52. The van der Waals surface area contributed by atoms with Crippen LogP contribution in [0, 0.1) is 0 Å². The van der Waals surface area contributed by atoms with Crippen molar-refractivity contribution in [2.45, 2.75) is 39.0 Å². The Labute approximate surface area is 91.9 Å². The van der Waals surface area contributed by atoms with E-state index in [-0.39, 0.29) is 13.0 Å². The molecular weight excluding hydrogens is 194 g/mol. The molecule has 0 heterocycles. The SMILES string of the molecule is CCCCCN(CCO)CCCC(=O)O. The molecule has 0 aliphatic carbocycles. The van der Waals surface area contributed by atoms with Gasteiger partial charge in [-0.05, 0) is 25.9 Å². The Kier molecular flexibility index (Phi) is 9.52. The van der Waals surface area contributed by atoms with Gasteiger partial charge < -0.3 is 15.1 Å². The molecule has 0 saturated heterocycles. The number of hydrogen-bond donors (Lipinski definition) is 2. The molecule has 2 N–H and O–H groups in total. The molecule has 15 heavy (non-hydrogen) atoms. The van der Waals surface area contributed by atoms with Gasteiger partial charge in [-0.3, -0.25) is 4.79 Å². The molecule has 0 aliphatic rings. The van der Waals surface area contributed by atoms with Gasteiger partial charge in [0.05, 0.1) is 6.61 Å². The smallest absolute Gasteiger partial charge is 0.303 e. The van der Waals surface area contributed by atoms with Crippen molar-refractivity contribution in [1.82, 2.24) is 4.90 Å². The van der Waals surface area contributed by atoms with Crippen molar-refractivity contribution in [2.24, 2.45) is 0 Å². The molecule has 0 aromatic rings. The molecular formula is C11H23NO3. The third-order valence-electron chi connectivity index (χ3n) is 2.36. The van der Waals surface area contributed by atoms with Crippen LogP contribution >= 0.6 is 0 Å². The van der Waals surface area contributed by atoms with E-state index in [9.17, 15) is 4.79 Å². The van der Waals surface area contributed by atoms with Crippen molar-refractivity contribution in [3.8, 4) is 0 Å². The first-order valence-corrected chi connectivity index (χ1v) is 5.75. The second kappa shape index (κ2) is 9.93. The van der Waals surface area contributed by atoms with E-state index < -0.39 is 5.97 Å². The summed E-state index contributed by atoms with van der Waals surface area (Å²) in [6, 6.07) is 0. The van der Waals surface area contributed by atoms with Gasteiger partial charge in [0, 0.05) is 13.0 Å². The number of rotatable bonds is 10. The van der Waals surface area contributed by atoms with Gasteiger partial charge >= 0.3 is 5.97 Å². The first kappa shape index (κ1) is 14.4. The summed E-state index contributed by atoms with van der Waals surface area (Å²) in [4.78, 5) is 12.5. The van der Waals surface area contributed by atoms with Crippen LogP contribution in [0.1, 0.15) is 39.0 Å². The summed E-state index contributed by atoms with van der Waals surface area (Å²) in [5, 5.41) is 17.3. The van der Waals surface area contributed by atoms with E-state index in [2.05, 4.69) is 11.8 Å². The number of unbranched alkanes of at least 4 members (excludes halogenated alkanes) is 2. The first-order chi connectivity index (χ1) is 7.20. The van der Waals surface area contributed by atoms with Crippen molar-refractivity contribution >= 4 is 5.97 Å². The minimum atomic E-state index is -0.743. The molecule has 0 atom stereocenters. The Hall–Kier alpha value is -0.610. The van der Waals surface area contributed by atoms with Gasteiger partial charge in [0.2, 0.25) is 0 Å². The van der Waals surface area contributed by atoms with Gasteiger partial charge in [-0.1, -0.05) is 19.8 Å². The summed E-state index contributed by atoms with van der Waals surface area (Å²) in [5.74, 6) is -0.743. The number of carboxylic acids is 1. The normalized spacial score (nSPS) is 10.9. The number of carbonyl (C=O) groups is 1. The molecule has 4 nitrogen and oxygen atoms in total. The lowest BCUT2D eigenvalue weighted by atomic mass is 10.2. The number of aliphatic hydroxyl groups excluding tert-OH is 1. The highest BCUT2D eigenvalue weighted by Crippen LogP contribution is 2.00. The third kappa shape index (κ3) is 9.69. The van der Waals surface area contributed by atoms with Crippen LogP contribution in [-0.2, 0) is 4.79 Å². The minimum Gasteiger partial charge on any atom is -0.481 e. The fraction of sp³-hybridized carbons (Fsp3) is 0.909. The van der Waals surface area contributed by atoms with Gasteiger partial charge in [0.1, 0.15) is 0 Å². The lowest BCUT2D eigenvalue weighted by Crippen LogP contribution is -2.29.